The summed E-state index contributed by atoms with van der Waals surface area (Å²) in [7, 11) is 0. The molecule has 0 amide bonds. The standard InChI is InChI=1S/C10H15N3S/c11-10-4-3-9(6-13-10)14-7-8-2-1-5-12-8/h3-4,6,8,12H,1-2,5,7H2,(H2,11,13)/t8-/m1/s1. The average molecular weight is 209 g/mol. The van der Waals surface area contributed by atoms with E-state index in [4.69, 9.17) is 5.73 Å². The first-order valence-electron chi connectivity index (χ1n) is 4.92. The van der Waals surface area contributed by atoms with E-state index in [1.165, 1.54) is 24.3 Å². The molecular formula is C10H15N3S. The van der Waals surface area contributed by atoms with Gasteiger partial charge in [0.15, 0.2) is 0 Å². The first-order chi connectivity index (χ1) is 6.84. The van der Waals surface area contributed by atoms with Crippen LogP contribution in [0.5, 0.6) is 0 Å². The summed E-state index contributed by atoms with van der Waals surface area (Å²) in [5, 5.41) is 3.47. The second-order valence-corrected chi connectivity index (χ2v) is 4.62. The lowest BCUT2D eigenvalue weighted by Gasteiger charge is -2.08. The van der Waals surface area contributed by atoms with Crippen LogP contribution in [0.1, 0.15) is 12.8 Å². The molecule has 0 aliphatic carbocycles. The lowest BCUT2D eigenvalue weighted by atomic mass is 10.3. The van der Waals surface area contributed by atoms with Crippen molar-refractivity contribution < 1.29 is 0 Å². The van der Waals surface area contributed by atoms with Crippen LogP contribution in [0.3, 0.4) is 0 Å². The number of nitrogens with two attached hydrogens (primary N) is 1. The van der Waals surface area contributed by atoms with Gasteiger partial charge >= 0.3 is 0 Å². The summed E-state index contributed by atoms with van der Waals surface area (Å²) < 4.78 is 0. The summed E-state index contributed by atoms with van der Waals surface area (Å²) >= 11 is 1.85. The Morgan fingerprint density at radius 2 is 2.50 bits per heavy atom. The van der Waals surface area contributed by atoms with Crippen molar-refractivity contribution in [2.45, 2.75) is 23.8 Å². The molecule has 1 fully saturated rings. The summed E-state index contributed by atoms with van der Waals surface area (Å²) in [6.07, 6.45) is 4.45. The number of hydrogen-bond acceptors (Lipinski definition) is 4. The number of rotatable bonds is 3. The van der Waals surface area contributed by atoms with Crippen LogP contribution in [0.4, 0.5) is 5.82 Å². The molecule has 0 spiro atoms. The number of anilines is 1. The lowest BCUT2D eigenvalue weighted by molar-refractivity contribution is 0.674. The number of aromatic nitrogens is 1. The first kappa shape index (κ1) is 9.80. The Labute approximate surface area is 88.5 Å². The molecule has 3 N–H and O–H groups in total. The molecule has 1 saturated heterocycles. The summed E-state index contributed by atoms with van der Waals surface area (Å²) in [5.41, 5.74) is 5.51. The summed E-state index contributed by atoms with van der Waals surface area (Å²) in [4.78, 5) is 5.26. The number of nitrogen functional groups attached to an aromatic ring is 1. The minimum Gasteiger partial charge on any atom is -0.384 e. The van der Waals surface area contributed by atoms with Gasteiger partial charge in [0, 0.05) is 22.9 Å². The number of hydrogen-bond donors (Lipinski definition) is 2. The Hall–Kier alpha value is -0.740. The largest absolute Gasteiger partial charge is 0.384 e. The van der Waals surface area contributed by atoms with Gasteiger partial charge in [-0.25, -0.2) is 4.98 Å². The van der Waals surface area contributed by atoms with E-state index in [2.05, 4.69) is 10.3 Å². The van der Waals surface area contributed by atoms with Crippen LogP contribution < -0.4 is 11.1 Å². The highest BCUT2D eigenvalue weighted by atomic mass is 32.2. The average Bonchev–Trinajstić information content (AvgIpc) is 2.70. The molecular weight excluding hydrogens is 194 g/mol. The van der Waals surface area contributed by atoms with E-state index >= 15 is 0 Å². The molecule has 14 heavy (non-hydrogen) atoms. The smallest absolute Gasteiger partial charge is 0.123 e. The van der Waals surface area contributed by atoms with Gasteiger partial charge in [-0.1, -0.05) is 0 Å². The topological polar surface area (TPSA) is 50.9 Å². The Morgan fingerprint density at radius 1 is 1.57 bits per heavy atom. The highest BCUT2D eigenvalue weighted by Gasteiger charge is 2.13. The van der Waals surface area contributed by atoms with E-state index in [-0.39, 0.29) is 0 Å². The second kappa shape index (κ2) is 4.66. The quantitative estimate of drug-likeness (QED) is 0.741. The van der Waals surface area contributed by atoms with Crippen molar-refractivity contribution in [2.24, 2.45) is 0 Å². The van der Waals surface area contributed by atoms with Crippen LogP contribution in [0, 0.1) is 0 Å². The lowest BCUT2D eigenvalue weighted by Crippen LogP contribution is -2.23. The predicted octanol–water partition coefficient (Wildman–Crippen LogP) is 1.51. The van der Waals surface area contributed by atoms with Crippen LogP contribution in [0.2, 0.25) is 0 Å². The van der Waals surface area contributed by atoms with Gasteiger partial charge in [0.2, 0.25) is 0 Å². The highest BCUT2D eigenvalue weighted by molar-refractivity contribution is 7.99. The van der Waals surface area contributed by atoms with Crippen LogP contribution in [0.25, 0.3) is 0 Å². The van der Waals surface area contributed by atoms with E-state index in [1.54, 1.807) is 0 Å². The van der Waals surface area contributed by atoms with Crippen LogP contribution in [-0.2, 0) is 0 Å². The molecule has 3 nitrogen and oxygen atoms in total. The molecule has 1 atom stereocenters. The highest BCUT2D eigenvalue weighted by Crippen LogP contribution is 2.20. The molecule has 0 aromatic carbocycles. The van der Waals surface area contributed by atoms with Crippen molar-refractivity contribution in [3.05, 3.63) is 18.3 Å². The molecule has 0 unspecified atom stereocenters. The third-order valence-corrected chi connectivity index (χ3v) is 3.52. The third kappa shape index (κ3) is 2.62. The fourth-order valence-electron chi connectivity index (χ4n) is 1.57. The molecule has 2 heterocycles. The van der Waals surface area contributed by atoms with Crippen LogP contribution in [-0.4, -0.2) is 23.3 Å². The van der Waals surface area contributed by atoms with Gasteiger partial charge in [0.25, 0.3) is 0 Å². The van der Waals surface area contributed by atoms with Crippen molar-refractivity contribution in [1.29, 1.82) is 0 Å². The number of thioether (sulfide) groups is 1. The van der Waals surface area contributed by atoms with Crippen molar-refractivity contribution in [3.63, 3.8) is 0 Å². The summed E-state index contributed by atoms with van der Waals surface area (Å²) in [6, 6.07) is 4.56. The van der Waals surface area contributed by atoms with Crippen LogP contribution in [0.15, 0.2) is 23.2 Å². The molecule has 4 heteroatoms. The van der Waals surface area contributed by atoms with Gasteiger partial charge in [-0.05, 0) is 31.5 Å². The molecule has 1 aromatic rings. The van der Waals surface area contributed by atoms with E-state index in [0.29, 0.717) is 11.9 Å². The molecule has 0 saturated carbocycles. The molecule has 2 rings (SSSR count). The predicted molar refractivity (Wildman–Crippen MR) is 60.4 cm³/mol. The maximum atomic E-state index is 5.51. The fraction of sp³-hybridized carbons (Fsp3) is 0.500. The molecule has 1 aliphatic heterocycles. The van der Waals surface area contributed by atoms with Gasteiger partial charge in [0.1, 0.15) is 5.82 Å². The van der Waals surface area contributed by atoms with Crippen molar-refractivity contribution in [1.82, 2.24) is 10.3 Å². The van der Waals surface area contributed by atoms with Crippen molar-refractivity contribution in [3.8, 4) is 0 Å². The zero-order valence-electron chi connectivity index (χ0n) is 8.07. The van der Waals surface area contributed by atoms with E-state index in [0.717, 1.165) is 5.75 Å². The SMILES string of the molecule is Nc1ccc(SC[C@H]2CCCN2)cn1. The molecule has 1 aromatic heterocycles. The first-order valence-corrected chi connectivity index (χ1v) is 5.91. The number of nitrogens with one attached hydrogen (secondary N) is 1. The van der Waals surface area contributed by atoms with E-state index in [1.807, 2.05) is 30.1 Å². The van der Waals surface area contributed by atoms with Crippen molar-refractivity contribution >= 4 is 17.6 Å². The second-order valence-electron chi connectivity index (χ2n) is 3.52. The minimum atomic E-state index is 0.591. The maximum absolute atomic E-state index is 5.51. The van der Waals surface area contributed by atoms with E-state index in [9.17, 15) is 0 Å². The Balaban J connectivity index is 1.82. The van der Waals surface area contributed by atoms with Gasteiger partial charge in [-0.3, -0.25) is 0 Å². The summed E-state index contributed by atoms with van der Waals surface area (Å²) in [6.45, 7) is 1.17. The maximum Gasteiger partial charge on any atom is 0.123 e. The molecule has 76 valence electrons. The fourth-order valence-corrected chi connectivity index (χ4v) is 2.54. The van der Waals surface area contributed by atoms with Gasteiger partial charge in [-0.15, -0.1) is 11.8 Å². The Kier molecular flexibility index (Phi) is 3.26. The summed E-state index contributed by atoms with van der Waals surface area (Å²) in [5.74, 6) is 1.72. The number of pyridine rings is 1. The zero-order valence-corrected chi connectivity index (χ0v) is 8.89. The van der Waals surface area contributed by atoms with Gasteiger partial charge in [-0.2, -0.15) is 0 Å². The normalized spacial score (nSPS) is 21.3. The zero-order chi connectivity index (χ0) is 9.80. The Morgan fingerprint density at radius 3 is 3.14 bits per heavy atom. The molecule has 1 aliphatic rings. The van der Waals surface area contributed by atoms with Gasteiger partial charge < -0.3 is 11.1 Å². The van der Waals surface area contributed by atoms with E-state index < -0.39 is 0 Å². The number of nitrogens with zero attached hydrogens (tertiary/aromatic N) is 1. The Bertz CT molecular complexity index is 280. The third-order valence-electron chi connectivity index (χ3n) is 2.37. The van der Waals surface area contributed by atoms with Crippen LogP contribution >= 0.6 is 11.8 Å². The molecule has 0 radical (unpaired) electrons. The monoisotopic (exact) mass is 209 g/mol. The minimum absolute atomic E-state index is 0.591. The van der Waals surface area contributed by atoms with Crippen molar-refractivity contribution in [2.75, 3.05) is 18.0 Å². The molecule has 0 bridgehead atoms. The van der Waals surface area contributed by atoms with Gasteiger partial charge in [0.05, 0.1) is 0 Å².